The molecule has 1 amide bonds. The van der Waals surface area contributed by atoms with E-state index in [1.165, 1.54) is 135 Å². The SMILES string of the molecule is CCCCC/C=C\C/C=C\CCCCCCCCCC(=O)OC(CCC/C=C/C=C/CCCCCCCCC)CC(=O)NC(CO)C(O)CCCCCCCCCCC. The average molecular weight is 828 g/mol. The highest BCUT2D eigenvalue weighted by molar-refractivity contribution is 5.77. The predicted molar refractivity (Wildman–Crippen MR) is 255 cm³/mol. The zero-order chi connectivity index (χ0) is 43.1. The Morgan fingerprint density at radius 1 is 0.508 bits per heavy atom. The van der Waals surface area contributed by atoms with Crippen LogP contribution in [0.4, 0.5) is 0 Å². The van der Waals surface area contributed by atoms with Gasteiger partial charge in [0.25, 0.3) is 0 Å². The van der Waals surface area contributed by atoms with Gasteiger partial charge in [0.2, 0.25) is 5.91 Å². The lowest BCUT2D eigenvalue weighted by atomic mass is 10.0. The Balaban J connectivity index is 4.63. The average Bonchev–Trinajstić information content (AvgIpc) is 3.23. The van der Waals surface area contributed by atoms with E-state index in [-0.39, 0.29) is 24.9 Å². The summed E-state index contributed by atoms with van der Waals surface area (Å²) in [5.41, 5.74) is 0. The molecule has 0 aliphatic rings. The van der Waals surface area contributed by atoms with Crippen molar-refractivity contribution >= 4 is 11.9 Å². The summed E-state index contributed by atoms with van der Waals surface area (Å²) in [7, 11) is 0. The smallest absolute Gasteiger partial charge is 0.306 e. The lowest BCUT2D eigenvalue weighted by Crippen LogP contribution is -2.46. The van der Waals surface area contributed by atoms with Crippen molar-refractivity contribution in [1.82, 2.24) is 5.32 Å². The van der Waals surface area contributed by atoms with Crippen LogP contribution in [0.5, 0.6) is 0 Å². The molecule has 0 aliphatic carbocycles. The molecule has 6 nitrogen and oxygen atoms in total. The molecule has 0 fully saturated rings. The third kappa shape index (κ3) is 42.3. The largest absolute Gasteiger partial charge is 0.462 e. The van der Waals surface area contributed by atoms with Gasteiger partial charge in [0.1, 0.15) is 6.10 Å². The number of ether oxygens (including phenoxy) is 1. The van der Waals surface area contributed by atoms with Crippen LogP contribution in [0.3, 0.4) is 0 Å². The maximum absolute atomic E-state index is 13.2. The van der Waals surface area contributed by atoms with Crippen LogP contribution in [-0.4, -0.2) is 46.9 Å². The van der Waals surface area contributed by atoms with Crippen molar-refractivity contribution in [2.75, 3.05) is 6.61 Å². The number of allylic oxidation sites excluding steroid dienone is 8. The van der Waals surface area contributed by atoms with Gasteiger partial charge in [-0.3, -0.25) is 9.59 Å². The molecule has 0 heterocycles. The molecular formula is C53H97NO5. The van der Waals surface area contributed by atoms with Crippen LogP contribution >= 0.6 is 0 Å². The molecule has 0 radical (unpaired) electrons. The van der Waals surface area contributed by atoms with Crippen LogP contribution in [0.2, 0.25) is 0 Å². The number of carbonyl (C=O) groups excluding carboxylic acids is 2. The number of nitrogens with one attached hydrogen (secondary N) is 1. The van der Waals surface area contributed by atoms with E-state index in [1.807, 2.05) is 0 Å². The molecule has 59 heavy (non-hydrogen) atoms. The standard InChI is InChI=1S/C53H97NO5/c1-4-7-10-13-16-19-21-23-25-26-27-29-31-34-37-40-43-46-53(58)59-49(44-41-38-35-33-30-28-24-22-20-17-14-11-8-5-2)47-52(57)54-50(48-55)51(56)45-42-39-36-32-18-15-12-9-6-3/h16,19,23,25,28,30,33,35,49-51,55-56H,4-15,17-18,20-22,24,26-27,29,31-32,34,36-48H2,1-3H3,(H,54,57)/b19-16-,25-23-,30-28+,35-33+. The monoisotopic (exact) mass is 828 g/mol. The maximum Gasteiger partial charge on any atom is 0.306 e. The van der Waals surface area contributed by atoms with Crippen molar-refractivity contribution in [2.24, 2.45) is 0 Å². The zero-order valence-electron chi connectivity index (χ0n) is 39.1. The second kappa shape index (κ2) is 46.9. The molecule has 0 aromatic heterocycles. The highest BCUT2D eigenvalue weighted by Gasteiger charge is 2.24. The summed E-state index contributed by atoms with van der Waals surface area (Å²) in [4.78, 5) is 26.1. The van der Waals surface area contributed by atoms with Crippen molar-refractivity contribution in [3.8, 4) is 0 Å². The van der Waals surface area contributed by atoms with Gasteiger partial charge in [0.05, 0.1) is 25.2 Å². The van der Waals surface area contributed by atoms with E-state index in [1.54, 1.807) is 0 Å². The van der Waals surface area contributed by atoms with Crippen LogP contribution in [0.1, 0.15) is 252 Å². The molecule has 3 unspecified atom stereocenters. The van der Waals surface area contributed by atoms with E-state index >= 15 is 0 Å². The second-order valence-electron chi connectivity index (χ2n) is 17.2. The van der Waals surface area contributed by atoms with Crippen molar-refractivity contribution in [3.05, 3.63) is 48.6 Å². The van der Waals surface area contributed by atoms with Crippen LogP contribution in [0.25, 0.3) is 0 Å². The molecule has 3 atom stereocenters. The molecule has 0 aromatic carbocycles. The fourth-order valence-corrected chi connectivity index (χ4v) is 7.52. The first-order valence-corrected chi connectivity index (χ1v) is 25.4. The summed E-state index contributed by atoms with van der Waals surface area (Å²) in [6.07, 6.45) is 56.1. The third-order valence-electron chi connectivity index (χ3n) is 11.4. The molecule has 3 N–H and O–H groups in total. The zero-order valence-corrected chi connectivity index (χ0v) is 39.1. The summed E-state index contributed by atoms with van der Waals surface area (Å²) >= 11 is 0. The van der Waals surface area contributed by atoms with Gasteiger partial charge >= 0.3 is 5.97 Å². The molecular weight excluding hydrogens is 731 g/mol. The van der Waals surface area contributed by atoms with Gasteiger partial charge in [0.15, 0.2) is 0 Å². The lowest BCUT2D eigenvalue weighted by Gasteiger charge is -2.24. The number of esters is 1. The van der Waals surface area contributed by atoms with E-state index in [2.05, 4.69) is 74.7 Å². The van der Waals surface area contributed by atoms with Crippen LogP contribution in [0.15, 0.2) is 48.6 Å². The van der Waals surface area contributed by atoms with Gasteiger partial charge in [0, 0.05) is 6.42 Å². The summed E-state index contributed by atoms with van der Waals surface area (Å²) < 4.78 is 5.90. The Morgan fingerprint density at radius 2 is 0.932 bits per heavy atom. The number of unbranched alkanes of at least 4 members (excludes halogenated alkanes) is 26. The lowest BCUT2D eigenvalue weighted by molar-refractivity contribution is -0.151. The Labute approximate surface area is 366 Å². The quantitative estimate of drug-likeness (QED) is 0.0246. The molecule has 0 bridgehead atoms. The summed E-state index contributed by atoms with van der Waals surface area (Å²) in [5.74, 6) is -0.528. The molecule has 6 heteroatoms. The number of aliphatic hydroxyl groups excluding tert-OH is 2. The summed E-state index contributed by atoms with van der Waals surface area (Å²) in [6, 6.07) is -0.715. The summed E-state index contributed by atoms with van der Waals surface area (Å²) in [5, 5.41) is 23.6. The van der Waals surface area contributed by atoms with E-state index < -0.39 is 18.2 Å². The number of amides is 1. The molecule has 0 saturated carbocycles. The normalized spacial score (nSPS) is 13.6. The number of hydrogen-bond donors (Lipinski definition) is 3. The van der Waals surface area contributed by atoms with E-state index in [0.717, 1.165) is 70.6 Å². The number of hydrogen-bond acceptors (Lipinski definition) is 5. The number of aliphatic hydroxyl groups is 2. The van der Waals surface area contributed by atoms with Gasteiger partial charge < -0.3 is 20.3 Å². The Bertz CT molecular complexity index is 1020. The predicted octanol–water partition coefficient (Wildman–Crippen LogP) is 15.1. The Kier molecular flexibility index (Phi) is 45.1. The number of rotatable bonds is 45. The second-order valence-corrected chi connectivity index (χ2v) is 17.2. The van der Waals surface area contributed by atoms with E-state index in [0.29, 0.717) is 19.3 Å². The van der Waals surface area contributed by atoms with Gasteiger partial charge in [-0.25, -0.2) is 0 Å². The minimum atomic E-state index is -0.798. The first kappa shape index (κ1) is 56.8. The topological polar surface area (TPSA) is 95.9 Å². The van der Waals surface area contributed by atoms with E-state index in [4.69, 9.17) is 4.74 Å². The molecule has 0 spiro atoms. The summed E-state index contributed by atoms with van der Waals surface area (Å²) in [6.45, 7) is 6.42. The van der Waals surface area contributed by atoms with Crippen molar-refractivity contribution in [2.45, 2.75) is 270 Å². The Morgan fingerprint density at radius 3 is 1.46 bits per heavy atom. The maximum atomic E-state index is 13.2. The van der Waals surface area contributed by atoms with Crippen LogP contribution < -0.4 is 5.32 Å². The Hall–Kier alpha value is -2.18. The van der Waals surface area contributed by atoms with Gasteiger partial charge in [-0.15, -0.1) is 0 Å². The van der Waals surface area contributed by atoms with Crippen LogP contribution in [-0.2, 0) is 14.3 Å². The number of carbonyl (C=O) groups is 2. The minimum Gasteiger partial charge on any atom is -0.462 e. The van der Waals surface area contributed by atoms with Crippen molar-refractivity contribution in [3.63, 3.8) is 0 Å². The fraction of sp³-hybridized carbons (Fsp3) is 0.811. The van der Waals surface area contributed by atoms with Crippen molar-refractivity contribution in [1.29, 1.82) is 0 Å². The molecule has 0 aromatic rings. The molecule has 0 saturated heterocycles. The molecule has 0 rings (SSSR count). The van der Waals surface area contributed by atoms with Gasteiger partial charge in [-0.2, -0.15) is 0 Å². The molecule has 0 aliphatic heterocycles. The highest BCUT2D eigenvalue weighted by Crippen LogP contribution is 2.17. The highest BCUT2D eigenvalue weighted by atomic mass is 16.5. The first-order chi connectivity index (χ1) is 29.0. The van der Waals surface area contributed by atoms with E-state index in [9.17, 15) is 19.8 Å². The van der Waals surface area contributed by atoms with Crippen molar-refractivity contribution < 1.29 is 24.5 Å². The minimum absolute atomic E-state index is 0.0417. The van der Waals surface area contributed by atoms with Gasteiger partial charge in [-0.1, -0.05) is 211 Å². The first-order valence-electron chi connectivity index (χ1n) is 25.4. The molecule has 344 valence electrons. The fourth-order valence-electron chi connectivity index (χ4n) is 7.52. The van der Waals surface area contributed by atoms with Gasteiger partial charge in [-0.05, 0) is 77.0 Å². The third-order valence-corrected chi connectivity index (χ3v) is 11.4. The van der Waals surface area contributed by atoms with Crippen LogP contribution in [0, 0.1) is 0 Å².